The molecule has 0 aliphatic heterocycles. The minimum absolute atomic E-state index is 0.0583. The summed E-state index contributed by atoms with van der Waals surface area (Å²) in [6, 6.07) is 10.7. The second-order valence-corrected chi connectivity index (χ2v) is 9.60. The van der Waals surface area contributed by atoms with E-state index in [2.05, 4.69) is 5.32 Å². The van der Waals surface area contributed by atoms with Gasteiger partial charge in [-0.25, -0.2) is 8.42 Å². The zero-order chi connectivity index (χ0) is 24.4. The fraction of sp³-hybridized carbons (Fsp3) is 0.261. The van der Waals surface area contributed by atoms with E-state index in [1.807, 2.05) is 0 Å². The van der Waals surface area contributed by atoms with Crippen molar-refractivity contribution in [3.8, 4) is 11.3 Å². The van der Waals surface area contributed by atoms with Gasteiger partial charge in [-0.05, 0) is 49.2 Å². The van der Waals surface area contributed by atoms with Crippen molar-refractivity contribution in [1.29, 1.82) is 0 Å². The number of benzene rings is 2. The van der Waals surface area contributed by atoms with E-state index in [0.717, 1.165) is 12.3 Å². The molecule has 1 amide bonds. The van der Waals surface area contributed by atoms with Crippen LogP contribution >= 0.6 is 0 Å². The van der Waals surface area contributed by atoms with Crippen molar-refractivity contribution in [1.82, 2.24) is 4.57 Å². The fourth-order valence-corrected chi connectivity index (χ4v) is 4.21. The van der Waals surface area contributed by atoms with Gasteiger partial charge in [0.15, 0.2) is 9.84 Å². The highest BCUT2D eigenvalue weighted by atomic mass is 32.2. The maximum Gasteiger partial charge on any atom is 0.417 e. The molecule has 0 fully saturated rings. The SMILES string of the molecule is Cc1c(C(=O)Nc2ccc(S(C)(=O)=O)cc2)cn(CCCO)c1-c1ccccc1C(F)(F)F. The number of anilines is 1. The third-order valence-corrected chi connectivity index (χ3v) is 6.29. The maximum absolute atomic E-state index is 13.6. The number of amides is 1. The second-order valence-electron chi connectivity index (χ2n) is 7.58. The molecule has 0 radical (unpaired) electrons. The van der Waals surface area contributed by atoms with Crippen LogP contribution in [0.15, 0.2) is 59.6 Å². The number of aliphatic hydroxyl groups excluding tert-OH is 1. The lowest BCUT2D eigenvalue weighted by Gasteiger charge is -2.16. The maximum atomic E-state index is 13.6. The van der Waals surface area contributed by atoms with Crippen molar-refractivity contribution >= 4 is 21.4 Å². The molecule has 10 heteroatoms. The van der Waals surface area contributed by atoms with E-state index in [9.17, 15) is 31.5 Å². The van der Waals surface area contributed by atoms with Gasteiger partial charge in [0, 0.05) is 36.9 Å². The Kier molecular flexibility index (Phi) is 6.99. The van der Waals surface area contributed by atoms with E-state index < -0.39 is 27.5 Å². The lowest BCUT2D eigenvalue weighted by molar-refractivity contribution is -0.137. The number of nitrogens with one attached hydrogen (secondary N) is 1. The monoisotopic (exact) mass is 480 g/mol. The lowest BCUT2D eigenvalue weighted by Crippen LogP contribution is -2.12. The average Bonchev–Trinajstić information content (AvgIpc) is 3.07. The Labute approximate surface area is 189 Å². The standard InChI is InChI=1S/C23H23F3N2O4S/c1-15-19(22(30)27-16-8-10-17(11-9-16)33(2,31)32)14-28(12-5-13-29)21(15)18-6-3-4-7-20(18)23(24,25)26/h3-4,6-11,14,29H,5,12-13H2,1-2H3,(H,27,30). The van der Waals surface area contributed by atoms with E-state index in [4.69, 9.17) is 0 Å². The van der Waals surface area contributed by atoms with Gasteiger partial charge in [-0.3, -0.25) is 4.79 Å². The highest BCUT2D eigenvalue weighted by molar-refractivity contribution is 7.90. The minimum Gasteiger partial charge on any atom is -0.396 e. The molecule has 176 valence electrons. The number of carbonyl (C=O) groups excluding carboxylic acids is 1. The molecule has 1 heterocycles. The summed E-state index contributed by atoms with van der Waals surface area (Å²) in [5.41, 5.74) is 0.236. The summed E-state index contributed by atoms with van der Waals surface area (Å²) in [4.78, 5) is 13.1. The average molecular weight is 481 g/mol. The van der Waals surface area contributed by atoms with Crippen molar-refractivity contribution in [2.75, 3.05) is 18.2 Å². The smallest absolute Gasteiger partial charge is 0.396 e. The topological polar surface area (TPSA) is 88.4 Å². The zero-order valence-electron chi connectivity index (χ0n) is 18.0. The second kappa shape index (κ2) is 9.40. The van der Waals surface area contributed by atoms with Crippen LogP contribution in [0.5, 0.6) is 0 Å². The van der Waals surface area contributed by atoms with Crippen LogP contribution in [-0.4, -0.2) is 36.9 Å². The van der Waals surface area contributed by atoms with E-state index >= 15 is 0 Å². The minimum atomic E-state index is -4.58. The van der Waals surface area contributed by atoms with Crippen LogP contribution in [0.3, 0.4) is 0 Å². The van der Waals surface area contributed by atoms with Crippen LogP contribution in [0.25, 0.3) is 11.3 Å². The Balaban J connectivity index is 2.03. The molecule has 3 rings (SSSR count). The van der Waals surface area contributed by atoms with Crippen LogP contribution in [-0.2, 0) is 22.6 Å². The molecule has 1 aromatic heterocycles. The van der Waals surface area contributed by atoms with Gasteiger partial charge >= 0.3 is 6.18 Å². The van der Waals surface area contributed by atoms with Crippen LogP contribution < -0.4 is 5.32 Å². The van der Waals surface area contributed by atoms with Gasteiger partial charge in [0.05, 0.1) is 21.7 Å². The molecule has 2 N–H and O–H groups in total. The molecule has 0 bridgehead atoms. The molecule has 2 aromatic carbocycles. The molecule has 33 heavy (non-hydrogen) atoms. The van der Waals surface area contributed by atoms with Gasteiger partial charge in [-0.15, -0.1) is 0 Å². The van der Waals surface area contributed by atoms with Gasteiger partial charge < -0.3 is 15.0 Å². The van der Waals surface area contributed by atoms with E-state index in [1.54, 1.807) is 6.92 Å². The molecule has 6 nitrogen and oxygen atoms in total. The Morgan fingerprint density at radius 1 is 1.09 bits per heavy atom. The number of alkyl halides is 3. The van der Waals surface area contributed by atoms with Crippen LogP contribution in [0, 0.1) is 6.92 Å². The van der Waals surface area contributed by atoms with Crippen LogP contribution in [0.1, 0.15) is 27.9 Å². The first-order valence-corrected chi connectivity index (χ1v) is 11.9. The van der Waals surface area contributed by atoms with Crippen molar-refractivity contribution < 1.29 is 31.5 Å². The Morgan fingerprint density at radius 2 is 1.73 bits per heavy atom. The molecule has 0 aliphatic rings. The van der Waals surface area contributed by atoms with Crippen molar-refractivity contribution in [3.05, 3.63) is 71.4 Å². The fourth-order valence-electron chi connectivity index (χ4n) is 3.58. The summed E-state index contributed by atoms with van der Waals surface area (Å²) in [6.07, 6.45) is -1.75. The lowest BCUT2D eigenvalue weighted by atomic mass is 10.00. The van der Waals surface area contributed by atoms with Gasteiger partial charge in [0.25, 0.3) is 5.91 Å². The largest absolute Gasteiger partial charge is 0.417 e. The third kappa shape index (κ3) is 5.45. The molecule has 0 atom stereocenters. The molecule has 0 saturated heterocycles. The summed E-state index contributed by atoms with van der Waals surface area (Å²) in [6.45, 7) is 1.63. The van der Waals surface area contributed by atoms with Crippen LogP contribution in [0.4, 0.5) is 18.9 Å². The summed E-state index contributed by atoms with van der Waals surface area (Å²) in [5.74, 6) is -0.548. The van der Waals surface area contributed by atoms with Crippen molar-refractivity contribution in [2.24, 2.45) is 0 Å². The predicted molar refractivity (Wildman–Crippen MR) is 119 cm³/mol. The molecule has 3 aromatic rings. The molecule has 0 aliphatic carbocycles. The number of nitrogens with zero attached hydrogens (tertiary/aromatic N) is 1. The van der Waals surface area contributed by atoms with E-state index in [0.29, 0.717) is 17.7 Å². The highest BCUT2D eigenvalue weighted by Gasteiger charge is 2.35. The van der Waals surface area contributed by atoms with Gasteiger partial charge in [0.2, 0.25) is 0 Å². The Bertz CT molecular complexity index is 1260. The first-order chi connectivity index (χ1) is 15.4. The molecule has 0 unspecified atom stereocenters. The summed E-state index contributed by atoms with van der Waals surface area (Å²) in [7, 11) is -3.39. The van der Waals surface area contributed by atoms with Gasteiger partial charge in [0.1, 0.15) is 0 Å². The Hall–Kier alpha value is -3.11. The molecular weight excluding hydrogens is 457 g/mol. The molecule has 0 saturated carbocycles. The number of aryl methyl sites for hydroxylation is 1. The first-order valence-electron chi connectivity index (χ1n) is 10.0. The third-order valence-electron chi connectivity index (χ3n) is 5.16. The molecule has 0 spiro atoms. The number of carbonyl (C=O) groups is 1. The number of aromatic nitrogens is 1. The zero-order valence-corrected chi connectivity index (χ0v) is 18.8. The highest BCUT2D eigenvalue weighted by Crippen LogP contribution is 2.39. The van der Waals surface area contributed by atoms with Gasteiger partial charge in [-0.1, -0.05) is 18.2 Å². The Morgan fingerprint density at radius 3 is 2.30 bits per heavy atom. The number of sulfone groups is 1. The summed E-state index contributed by atoms with van der Waals surface area (Å²) >= 11 is 0. The number of hydrogen-bond acceptors (Lipinski definition) is 4. The quantitative estimate of drug-likeness (QED) is 0.521. The first kappa shape index (κ1) is 24.5. The number of rotatable bonds is 7. The van der Waals surface area contributed by atoms with Crippen LogP contribution in [0.2, 0.25) is 0 Å². The van der Waals surface area contributed by atoms with E-state index in [-0.39, 0.29) is 34.9 Å². The van der Waals surface area contributed by atoms with Crippen molar-refractivity contribution in [2.45, 2.75) is 31.0 Å². The normalized spacial score (nSPS) is 12.1. The number of aliphatic hydroxyl groups is 1. The molecular formula is C23H23F3N2O4S. The van der Waals surface area contributed by atoms with Gasteiger partial charge in [-0.2, -0.15) is 13.2 Å². The predicted octanol–water partition coefficient (Wildman–Crippen LogP) is 4.52. The van der Waals surface area contributed by atoms with E-state index in [1.165, 1.54) is 53.2 Å². The number of halogens is 3. The van der Waals surface area contributed by atoms with Crippen molar-refractivity contribution in [3.63, 3.8) is 0 Å². The summed E-state index contributed by atoms with van der Waals surface area (Å²) in [5, 5.41) is 11.9. The number of hydrogen-bond donors (Lipinski definition) is 2. The summed E-state index contributed by atoms with van der Waals surface area (Å²) < 4.78 is 65.7.